The van der Waals surface area contributed by atoms with Crippen LogP contribution in [0, 0.1) is 11.6 Å². The number of nitrogens with zero attached hydrogens (tertiary/aromatic N) is 2. The van der Waals surface area contributed by atoms with Gasteiger partial charge in [0.2, 0.25) is 5.89 Å². The Kier molecular flexibility index (Phi) is 5.29. The molecule has 128 valence electrons. The van der Waals surface area contributed by atoms with Gasteiger partial charge in [0.05, 0.1) is 10.8 Å². The molecule has 1 aromatic heterocycles. The lowest BCUT2D eigenvalue weighted by atomic mass is 10.1. The number of ketones is 1. The third-order valence-corrected chi connectivity index (χ3v) is 4.75. The van der Waals surface area contributed by atoms with E-state index in [1.54, 1.807) is 6.92 Å². The second kappa shape index (κ2) is 7.45. The third-order valence-electron chi connectivity index (χ3n) is 3.32. The zero-order valence-corrected chi connectivity index (χ0v) is 15.3. The zero-order valence-electron chi connectivity index (χ0n) is 12.9. The minimum Gasteiger partial charge on any atom is -0.411 e. The molecule has 3 aromatic rings. The van der Waals surface area contributed by atoms with Crippen LogP contribution in [0.3, 0.4) is 0 Å². The maximum Gasteiger partial charge on any atom is 0.277 e. The molecule has 0 bridgehead atoms. The van der Waals surface area contributed by atoms with Crippen LogP contribution in [0.15, 0.2) is 56.6 Å². The highest BCUT2D eigenvalue weighted by Crippen LogP contribution is 2.29. The van der Waals surface area contributed by atoms with Crippen LogP contribution in [0.1, 0.15) is 17.3 Å². The van der Waals surface area contributed by atoms with E-state index >= 15 is 0 Å². The molecule has 0 saturated carbocycles. The highest BCUT2D eigenvalue weighted by Gasteiger charge is 2.22. The maximum absolute atomic E-state index is 13.7. The van der Waals surface area contributed by atoms with Crippen molar-refractivity contribution in [2.45, 2.75) is 17.4 Å². The molecule has 0 aliphatic heterocycles. The molecule has 0 radical (unpaired) electrons. The van der Waals surface area contributed by atoms with E-state index < -0.39 is 22.7 Å². The summed E-state index contributed by atoms with van der Waals surface area (Å²) in [6, 6.07) is 10.2. The lowest BCUT2D eigenvalue weighted by Crippen LogP contribution is -2.15. The summed E-state index contributed by atoms with van der Waals surface area (Å²) in [5, 5.41) is 7.37. The van der Waals surface area contributed by atoms with Gasteiger partial charge in [0.15, 0.2) is 5.78 Å². The predicted molar refractivity (Wildman–Crippen MR) is 93.4 cm³/mol. The number of hydrogen-bond acceptors (Lipinski definition) is 5. The molecule has 0 aliphatic rings. The van der Waals surface area contributed by atoms with Crippen LogP contribution in [-0.2, 0) is 0 Å². The Bertz CT molecular complexity index is 933. The molecule has 0 aliphatic carbocycles. The summed E-state index contributed by atoms with van der Waals surface area (Å²) in [6.45, 7) is 1.60. The Morgan fingerprint density at radius 1 is 1.20 bits per heavy atom. The van der Waals surface area contributed by atoms with Gasteiger partial charge >= 0.3 is 0 Å². The van der Waals surface area contributed by atoms with Gasteiger partial charge < -0.3 is 4.42 Å². The second-order valence-corrected chi connectivity index (χ2v) is 7.34. The largest absolute Gasteiger partial charge is 0.411 e. The molecule has 1 unspecified atom stereocenters. The summed E-state index contributed by atoms with van der Waals surface area (Å²) in [5.41, 5.74) is 0.561. The first-order valence-corrected chi connectivity index (χ1v) is 8.86. The van der Waals surface area contributed by atoms with Crippen molar-refractivity contribution in [3.63, 3.8) is 0 Å². The summed E-state index contributed by atoms with van der Waals surface area (Å²) >= 11 is 4.38. The molecule has 0 fully saturated rings. The Morgan fingerprint density at radius 2 is 2.00 bits per heavy atom. The molecular formula is C17H11BrF2N2O2S. The Labute approximate surface area is 154 Å². The van der Waals surface area contributed by atoms with Gasteiger partial charge in [0, 0.05) is 16.1 Å². The van der Waals surface area contributed by atoms with Gasteiger partial charge in [-0.2, -0.15) is 0 Å². The van der Waals surface area contributed by atoms with Gasteiger partial charge in [0.1, 0.15) is 11.6 Å². The number of carbonyl (C=O) groups excluding carboxylic acids is 1. The summed E-state index contributed by atoms with van der Waals surface area (Å²) in [5.74, 6) is -1.79. The SMILES string of the molecule is CC(Sc1nnc(-c2cccc(Br)c2)o1)C(=O)c1ccc(F)cc1F. The van der Waals surface area contributed by atoms with Crippen LogP contribution in [0.2, 0.25) is 0 Å². The van der Waals surface area contributed by atoms with Crippen molar-refractivity contribution in [3.05, 3.63) is 64.1 Å². The van der Waals surface area contributed by atoms with E-state index in [0.717, 1.165) is 33.9 Å². The van der Waals surface area contributed by atoms with Crippen molar-refractivity contribution in [2.24, 2.45) is 0 Å². The highest BCUT2D eigenvalue weighted by atomic mass is 79.9. The van der Waals surface area contributed by atoms with Crippen LogP contribution in [0.5, 0.6) is 0 Å². The molecule has 0 amide bonds. The topological polar surface area (TPSA) is 56.0 Å². The number of aromatic nitrogens is 2. The van der Waals surface area contributed by atoms with E-state index in [1.807, 2.05) is 24.3 Å². The average molecular weight is 425 g/mol. The van der Waals surface area contributed by atoms with Crippen molar-refractivity contribution in [3.8, 4) is 11.5 Å². The van der Waals surface area contributed by atoms with Gasteiger partial charge in [-0.15, -0.1) is 10.2 Å². The van der Waals surface area contributed by atoms with E-state index in [-0.39, 0.29) is 10.8 Å². The molecule has 3 rings (SSSR count). The number of thioether (sulfide) groups is 1. The Morgan fingerprint density at radius 3 is 2.72 bits per heavy atom. The van der Waals surface area contributed by atoms with E-state index in [9.17, 15) is 13.6 Å². The molecule has 0 spiro atoms. The fourth-order valence-corrected chi connectivity index (χ4v) is 3.26. The van der Waals surface area contributed by atoms with Crippen LogP contribution < -0.4 is 0 Å². The van der Waals surface area contributed by atoms with Crippen molar-refractivity contribution >= 4 is 33.5 Å². The number of hydrogen-bond donors (Lipinski definition) is 0. The Balaban J connectivity index is 1.75. The van der Waals surface area contributed by atoms with Crippen molar-refractivity contribution in [1.29, 1.82) is 0 Å². The molecule has 4 nitrogen and oxygen atoms in total. The molecule has 25 heavy (non-hydrogen) atoms. The molecule has 2 aromatic carbocycles. The minimum absolute atomic E-state index is 0.173. The molecule has 8 heteroatoms. The number of Topliss-reactive ketones (excluding diaryl/α,β-unsaturated/α-hetero) is 1. The molecular weight excluding hydrogens is 414 g/mol. The molecule has 1 atom stereocenters. The van der Waals surface area contributed by atoms with Crippen LogP contribution >= 0.6 is 27.7 Å². The number of rotatable bonds is 5. The zero-order chi connectivity index (χ0) is 18.0. The van der Waals surface area contributed by atoms with Crippen molar-refractivity contribution < 1.29 is 18.0 Å². The fourth-order valence-electron chi connectivity index (χ4n) is 2.11. The normalized spacial score (nSPS) is 12.2. The summed E-state index contributed by atoms with van der Waals surface area (Å²) in [7, 11) is 0. The van der Waals surface area contributed by atoms with Crippen molar-refractivity contribution in [1.82, 2.24) is 10.2 Å². The molecule has 0 N–H and O–H groups in total. The molecule has 0 saturated heterocycles. The van der Waals surface area contributed by atoms with Gasteiger partial charge in [0.25, 0.3) is 5.22 Å². The van der Waals surface area contributed by atoms with Gasteiger partial charge in [-0.05, 0) is 37.3 Å². The summed E-state index contributed by atoms with van der Waals surface area (Å²) in [4.78, 5) is 12.3. The van der Waals surface area contributed by atoms with Gasteiger partial charge in [-0.1, -0.05) is 33.8 Å². The fraction of sp³-hybridized carbons (Fsp3) is 0.118. The summed E-state index contributed by atoms with van der Waals surface area (Å²) < 4.78 is 33.1. The number of benzene rings is 2. The lowest BCUT2D eigenvalue weighted by Gasteiger charge is -2.08. The van der Waals surface area contributed by atoms with Gasteiger partial charge in [-0.3, -0.25) is 4.79 Å². The van der Waals surface area contributed by atoms with E-state index in [4.69, 9.17) is 4.42 Å². The lowest BCUT2D eigenvalue weighted by molar-refractivity contribution is 0.0989. The smallest absolute Gasteiger partial charge is 0.277 e. The van der Waals surface area contributed by atoms with Crippen molar-refractivity contribution in [2.75, 3.05) is 0 Å². The van der Waals surface area contributed by atoms with Crippen LogP contribution in [-0.4, -0.2) is 21.2 Å². The van der Waals surface area contributed by atoms with Crippen LogP contribution in [0.4, 0.5) is 8.78 Å². The maximum atomic E-state index is 13.7. The first kappa shape index (κ1) is 17.8. The van der Waals surface area contributed by atoms with E-state index in [1.165, 1.54) is 0 Å². The summed E-state index contributed by atoms with van der Waals surface area (Å²) in [6.07, 6.45) is 0. The number of halogens is 3. The van der Waals surface area contributed by atoms with E-state index in [2.05, 4.69) is 26.1 Å². The minimum atomic E-state index is -0.891. The Hall–Kier alpha value is -2.06. The average Bonchev–Trinajstić information content (AvgIpc) is 3.03. The van der Waals surface area contributed by atoms with Crippen LogP contribution in [0.25, 0.3) is 11.5 Å². The van der Waals surface area contributed by atoms with E-state index in [0.29, 0.717) is 12.0 Å². The molecule has 1 heterocycles. The predicted octanol–water partition coefficient (Wildman–Crippen LogP) is 5.14. The first-order valence-electron chi connectivity index (χ1n) is 7.19. The second-order valence-electron chi connectivity index (χ2n) is 5.13. The first-order chi connectivity index (χ1) is 11.9. The standard InChI is InChI=1S/C17H11BrF2N2O2S/c1-9(15(23)13-6-5-12(19)8-14(13)20)25-17-22-21-16(24-17)10-3-2-4-11(18)7-10/h2-9H,1H3. The number of carbonyl (C=O) groups is 1. The highest BCUT2D eigenvalue weighted by molar-refractivity contribution is 9.10. The third kappa shape index (κ3) is 4.13. The van der Waals surface area contributed by atoms with Gasteiger partial charge in [-0.25, -0.2) is 8.78 Å². The monoisotopic (exact) mass is 424 g/mol. The quantitative estimate of drug-likeness (QED) is 0.419.